The first-order valence-electron chi connectivity index (χ1n) is 16.6. The van der Waals surface area contributed by atoms with Crippen molar-refractivity contribution in [2.75, 3.05) is 45.5 Å². The van der Waals surface area contributed by atoms with Crippen molar-refractivity contribution >= 4 is 23.8 Å². The predicted molar refractivity (Wildman–Crippen MR) is 168 cm³/mol. The number of rotatable bonds is 8. The first-order chi connectivity index (χ1) is 20.2. The molecule has 0 aromatic carbocycles. The molecule has 2 amide bonds. The molecule has 3 aliphatic heterocycles. The van der Waals surface area contributed by atoms with Crippen molar-refractivity contribution in [3.8, 4) is 0 Å². The van der Waals surface area contributed by atoms with E-state index in [2.05, 4.69) is 33.6 Å². The van der Waals surface area contributed by atoms with Gasteiger partial charge in [-0.2, -0.15) is 0 Å². The van der Waals surface area contributed by atoms with Crippen LogP contribution in [0.25, 0.3) is 0 Å². The van der Waals surface area contributed by atoms with Gasteiger partial charge in [0.15, 0.2) is 5.16 Å². The number of aromatic nitrogens is 2. The second-order valence-electron chi connectivity index (χ2n) is 13.7. The maximum atomic E-state index is 13.5. The van der Waals surface area contributed by atoms with Gasteiger partial charge in [0, 0.05) is 63.6 Å². The lowest BCUT2D eigenvalue weighted by atomic mass is 9.74. The second kappa shape index (κ2) is 13.4. The van der Waals surface area contributed by atoms with Crippen LogP contribution in [0.5, 0.6) is 0 Å². The third-order valence-electron chi connectivity index (χ3n) is 11.0. The van der Waals surface area contributed by atoms with E-state index >= 15 is 0 Å². The molecule has 0 radical (unpaired) electrons. The lowest BCUT2D eigenvalue weighted by Gasteiger charge is -2.55. The van der Waals surface area contributed by atoms with Gasteiger partial charge in [-0.15, -0.1) is 0 Å². The van der Waals surface area contributed by atoms with Crippen molar-refractivity contribution in [3.63, 3.8) is 0 Å². The molecular formula is C33H53N5O3S. The monoisotopic (exact) mass is 599 g/mol. The molecule has 1 aromatic rings. The fourth-order valence-electron chi connectivity index (χ4n) is 8.15. The molecule has 9 heteroatoms. The molecule has 4 aliphatic rings. The highest BCUT2D eigenvalue weighted by Gasteiger charge is 2.51. The number of likely N-dealkylation sites (tertiary alicyclic amines) is 2. The van der Waals surface area contributed by atoms with Crippen LogP contribution in [0.4, 0.5) is 4.79 Å². The van der Waals surface area contributed by atoms with Crippen molar-refractivity contribution in [1.82, 2.24) is 24.7 Å². The SMILES string of the molecule is CCCCC1CN(CC2CCCCC2)C(=O)OC12CCN(C1(C)CCN(C(=O)c3c(C)nc(SC)nc3C)CC1)CC2. The molecule has 1 aromatic heterocycles. The Balaban J connectivity index is 1.19. The van der Waals surface area contributed by atoms with Gasteiger partial charge in [-0.3, -0.25) is 9.69 Å². The number of hydrogen-bond acceptors (Lipinski definition) is 7. The Morgan fingerprint density at radius 1 is 1.00 bits per heavy atom. The first-order valence-corrected chi connectivity index (χ1v) is 17.8. The van der Waals surface area contributed by atoms with E-state index in [0.717, 1.165) is 82.8 Å². The van der Waals surface area contributed by atoms with Crippen molar-refractivity contribution in [2.45, 2.75) is 121 Å². The summed E-state index contributed by atoms with van der Waals surface area (Å²) in [6, 6.07) is 0. The van der Waals surface area contributed by atoms with Crippen LogP contribution < -0.4 is 0 Å². The van der Waals surface area contributed by atoms with Gasteiger partial charge in [0.25, 0.3) is 5.91 Å². The molecular weight excluding hydrogens is 546 g/mol. The summed E-state index contributed by atoms with van der Waals surface area (Å²) in [4.78, 5) is 42.6. The molecule has 42 heavy (non-hydrogen) atoms. The van der Waals surface area contributed by atoms with Crippen LogP contribution in [-0.2, 0) is 4.74 Å². The van der Waals surface area contributed by atoms with Crippen molar-refractivity contribution in [1.29, 1.82) is 0 Å². The molecule has 4 heterocycles. The summed E-state index contributed by atoms with van der Waals surface area (Å²) in [5.41, 5.74) is 1.92. The van der Waals surface area contributed by atoms with Crippen molar-refractivity contribution in [2.24, 2.45) is 11.8 Å². The van der Waals surface area contributed by atoms with Gasteiger partial charge in [0.05, 0.1) is 17.0 Å². The maximum absolute atomic E-state index is 13.5. The highest BCUT2D eigenvalue weighted by Crippen LogP contribution is 2.44. The summed E-state index contributed by atoms with van der Waals surface area (Å²) in [5, 5.41) is 0.716. The minimum absolute atomic E-state index is 0.0479. The lowest BCUT2D eigenvalue weighted by Crippen LogP contribution is -2.63. The molecule has 1 atom stereocenters. The number of ether oxygens (including phenoxy) is 1. The summed E-state index contributed by atoms with van der Waals surface area (Å²) in [6.45, 7) is 13.6. The largest absolute Gasteiger partial charge is 0.442 e. The number of thioether (sulfide) groups is 1. The van der Waals surface area contributed by atoms with Crippen LogP contribution in [0.1, 0.15) is 113 Å². The van der Waals surface area contributed by atoms with E-state index in [4.69, 9.17) is 4.74 Å². The number of hydrogen-bond donors (Lipinski definition) is 0. The molecule has 8 nitrogen and oxygen atoms in total. The summed E-state index contributed by atoms with van der Waals surface area (Å²) in [6.07, 6.45) is 15.6. The molecule has 1 spiro atoms. The molecule has 0 bridgehead atoms. The molecule has 234 valence electrons. The summed E-state index contributed by atoms with van der Waals surface area (Å²) in [7, 11) is 0. The molecule has 1 saturated carbocycles. The van der Waals surface area contributed by atoms with E-state index in [0.29, 0.717) is 22.6 Å². The van der Waals surface area contributed by atoms with Crippen LogP contribution in [0.15, 0.2) is 5.16 Å². The Morgan fingerprint density at radius 3 is 2.24 bits per heavy atom. The van der Waals surface area contributed by atoms with Crippen molar-refractivity contribution < 1.29 is 14.3 Å². The van der Waals surface area contributed by atoms with Crippen LogP contribution >= 0.6 is 11.8 Å². The fourth-order valence-corrected chi connectivity index (χ4v) is 8.61. The van der Waals surface area contributed by atoms with Gasteiger partial charge in [-0.1, -0.05) is 50.8 Å². The van der Waals surface area contributed by atoms with Crippen LogP contribution in [0.2, 0.25) is 0 Å². The Labute approximate surface area is 257 Å². The molecule has 3 saturated heterocycles. The minimum atomic E-state index is -0.323. The van der Waals surface area contributed by atoms with E-state index in [1.807, 2.05) is 25.0 Å². The number of aryl methyl sites for hydroxylation is 2. The summed E-state index contributed by atoms with van der Waals surface area (Å²) >= 11 is 1.50. The summed E-state index contributed by atoms with van der Waals surface area (Å²) < 4.78 is 6.48. The average Bonchev–Trinajstić information content (AvgIpc) is 2.98. The number of nitrogens with zero attached hydrogens (tertiary/aromatic N) is 5. The smallest absolute Gasteiger partial charge is 0.410 e. The van der Waals surface area contributed by atoms with E-state index in [9.17, 15) is 9.59 Å². The topological polar surface area (TPSA) is 78.9 Å². The second-order valence-corrected chi connectivity index (χ2v) is 14.5. The third-order valence-corrected chi connectivity index (χ3v) is 11.5. The predicted octanol–water partition coefficient (Wildman–Crippen LogP) is 6.48. The quantitative estimate of drug-likeness (QED) is 0.250. The highest BCUT2D eigenvalue weighted by molar-refractivity contribution is 7.98. The van der Waals surface area contributed by atoms with Crippen molar-refractivity contribution in [3.05, 3.63) is 17.0 Å². The zero-order chi connectivity index (χ0) is 29.9. The normalized spacial score (nSPS) is 25.1. The van der Waals surface area contributed by atoms with Crippen LogP contribution in [0.3, 0.4) is 0 Å². The Bertz CT molecular complexity index is 1080. The van der Waals surface area contributed by atoms with E-state index in [1.165, 1.54) is 56.7 Å². The zero-order valence-electron chi connectivity index (χ0n) is 26.8. The van der Waals surface area contributed by atoms with Gasteiger partial charge in [0.1, 0.15) is 5.60 Å². The third kappa shape index (κ3) is 6.62. The zero-order valence-corrected chi connectivity index (χ0v) is 27.6. The fraction of sp³-hybridized carbons (Fsp3) is 0.818. The maximum Gasteiger partial charge on any atom is 0.410 e. The van der Waals surface area contributed by atoms with E-state index < -0.39 is 0 Å². The lowest BCUT2D eigenvalue weighted by molar-refractivity contribution is -0.134. The van der Waals surface area contributed by atoms with Gasteiger partial charge in [0.2, 0.25) is 0 Å². The van der Waals surface area contributed by atoms with Gasteiger partial charge >= 0.3 is 6.09 Å². The number of amides is 2. The number of piperidine rings is 2. The average molecular weight is 600 g/mol. The molecule has 1 aliphatic carbocycles. The van der Waals surface area contributed by atoms with E-state index in [-0.39, 0.29) is 23.1 Å². The standard InChI is InChI=1S/C33H53N5O3S/c1-6-7-13-27-23-37(22-26-11-9-8-10-12-26)31(40)41-33(27)16-20-38(21-17-33)32(4)14-18-36(19-15-32)29(39)28-24(2)34-30(42-5)35-25(28)3/h26-27H,6-23H2,1-5H3. The van der Waals surface area contributed by atoms with E-state index in [1.54, 1.807) is 0 Å². The van der Waals surface area contributed by atoms with Gasteiger partial charge in [-0.25, -0.2) is 14.8 Å². The minimum Gasteiger partial charge on any atom is -0.442 e. The Morgan fingerprint density at radius 2 is 1.64 bits per heavy atom. The molecule has 4 fully saturated rings. The number of carbonyl (C=O) groups is 2. The molecule has 0 N–H and O–H groups in total. The van der Waals surface area contributed by atoms with Gasteiger partial charge < -0.3 is 14.5 Å². The first kappa shape index (κ1) is 31.6. The summed E-state index contributed by atoms with van der Waals surface area (Å²) in [5.74, 6) is 1.11. The Hall–Kier alpha value is -1.87. The Kier molecular flexibility index (Phi) is 10.1. The number of unbranched alkanes of at least 4 members (excludes halogenated alkanes) is 1. The molecule has 5 rings (SSSR count). The highest BCUT2D eigenvalue weighted by atomic mass is 32.2. The van der Waals surface area contributed by atoms with Crippen LogP contribution in [-0.4, -0.2) is 93.3 Å². The van der Waals surface area contributed by atoms with Gasteiger partial charge in [-0.05, 0) is 65.0 Å². The number of carbonyl (C=O) groups excluding carboxylic acids is 2. The van der Waals surface area contributed by atoms with Crippen LogP contribution in [0, 0.1) is 25.7 Å². The molecule has 1 unspecified atom stereocenters.